The summed E-state index contributed by atoms with van der Waals surface area (Å²) in [5.41, 5.74) is 2.33. The molecule has 1 saturated carbocycles. The Kier molecular flexibility index (Phi) is 4.31. The van der Waals surface area contributed by atoms with Crippen LogP contribution in [-0.2, 0) is 12.1 Å². The average Bonchev–Trinajstić information content (AvgIpc) is 2.92. The maximum atomic E-state index is 13.2. The number of hydrogen-bond donors (Lipinski definition) is 0. The number of hydrogen-bond acceptors (Lipinski definition) is 4. The second kappa shape index (κ2) is 6.63. The number of nitrogens with zero attached hydrogens (tertiary/aromatic N) is 2. The minimum absolute atomic E-state index is 0.0108. The zero-order valence-corrected chi connectivity index (χ0v) is 15.3. The number of rotatable bonds is 4. The highest BCUT2D eigenvalue weighted by Crippen LogP contribution is 2.51. The van der Waals surface area contributed by atoms with Gasteiger partial charge in [0, 0.05) is 12.7 Å². The van der Waals surface area contributed by atoms with E-state index in [1.54, 1.807) is 20.4 Å². The topological polar surface area (TPSA) is 51.7 Å². The molecule has 2 aromatic rings. The van der Waals surface area contributed by atoms with E-state index in [1.807, 2.05) is 35.2 Å². The first-order valence-corrected chi connectivity index (χ1v) is 9.18. The Morgan fingerprint density at radius 2 is 1.77 bits per heavy atom. The van der Waals surface area contributed by atoms with Crippen LogP contribution in [0.2, 0.25) is 0 Å². The van der Waals surface area contributed by atoms with Crippen molar-refractivity contribution in [3.63, 3.8) is 0 Å². The number of ether oxygens (including phenoxy) is 2. The van der Waals surface area contributed by atoms with Crippen LogP contribution in [0.4, 0.5) is 0 Å². The van der Waals surface area contributed by atoms with Crippen molar-refractivity contribution >= 4 is 5.91 Å². The first-order valence-electron chi connectivity index (χ1n) is 9.18. The van der Waals surface area contributed by atoms with E-state index >= 15 is 0 Å². The summed E-state index contributed by atoms with van der Waals surface area (Å²) in [6, 6.07) is 9.80. The van der Waals surface area contributed by atoms with Crippen molar-refractivity contribution in [2.24, 2.45) is 0 Å². The molecular formula is C21H24N2O3. The summed E-state index contributed by atoms with van der Waals surface area (Å²) < 4.78 is 10.9. The lowest BCUT2D eigenvalue weighted by molar-refractivity contribution is 0.0379. The first kappa shape index (κ1) is 16.9. The SMILES string of the molecule is COc1ccc(CN2C(=O)c3nccc(OC)c3C23CCCCC3)cc1. The van der Waals surface area contributed by atoms with Crippen LogP contribution in [0.25, 0.3) is 0 Å². The Hall–Kier alpha value is -2.56. The fourth-order valence-corrected chi connectivity index (χ4v) is 4.48. The van der Waals surface area contributed by atoms with Crippen LogP contribution in [0.3, 0.4) is 0 Å². The van der Waals surface area contributed by atoms with Crippen LogP contribution in [0.15, 0.2) is 36.5 Å². The molecule has 2 aliphatic rings. The largest absolute Gasteiger partial charge is 0.497 e. The molecule has 1 amide bonds. The molecule has 1 aromatic carbocycles. The highest BCUT2D eigenvalue weighted by molar-refractivity contribution is 5.99. The second-order valence-corrected chi connectivity index (χ2v) is 7.07. The molecular weight excluding hydrogens is 328 g/mol. The third-order valence-electron chi connectivity index (χ3n) is 5.74. The Balaban J connectivity index is 1.76. The van der Waals surface area contributed by atoms with E-state index in [-0.39, 0.29) is 11.4 Å². The van der Waals surface area contributed by atoms with Crippen LogP contribution in [0.1, 0.15) is 53.7 Å². The molecule has 4 rings (SSSR count). The van der Waals surface area contributed by atoms with E-state index in [0.29, 0.717) is 12.2 Å². The van der Waals surface area contributed by atoms with E-state index in [0.717, 1.165) is 48.3 Å². The molecule has 0 atom stereocenters. The number of pyridine rings is 1. The minimum atomic E-state index is -0.301. The van der Waals surface area contributed by atoms with E-state index < -0.39 is 0 Å². The maximum Gasteiger partial charge on any atom is 0.274 e. The summed E-state index contributed by atoms with van der Waals surface area (Å²) in [5.74, 6) is 1.61. The maximum absolute atomic E-state index is 13.2. The van der Waals surface area contributed by atoms with Crippen molar-refractivity contribution in [1.29, 1.82) is 0 Å². The Morgan fingerprint density at radius 3 is 2.42 bits per heavy atom. The summed E-state index contributed by atoms with van der Waals surface area (Å²) in [6.07, 6.45) is 7.04. The lowest BCUT2D eigenvalue weighted by Crippen LogP contribution is -2.44. The summed E-state index contributed by atoms with van der Waals surface area (Å²) in [5, 5.41) is 0. The molecule has 0 radical (unpaired) electrons. The van der Waals surface area contributed by atoms with Gasteiger partial charge in [-0.25, -0.2) is 0 Å². The van der Waals surface area contributed by atoms with Crippen LogP contribution in [-0.4, -0.2) is 30.0 Å². The molecule has 1 aromatic heterocycles. The van der Waals surface area contributed by atoms with Crippen LogP contribution < -0.4 is 9.47 Å². The van der Waals surface area contributed by atoms with Gasteiger partial charge in [-0.3, -0.25) is 9.78 Å². The highest BCUT2D eigenvalue weighted by atomic mass is 16.5. The van der Waals surface area contributed by atoms with Gasteiger partial charge in [0.15, 0.2) is 0 Å². The predicted octanol–water partition coefficient (Wildman–Crippen LogP) is 3.91. The van der Waals surface area contributed by atoms with Crippen molar-refractivity contribution in [3.8, 4) is 11.5 Å². The lowest BCUT2D eigenvalue weighted by Gasteiger charge is -2.42. The van der Waals surface area contributed by atoms with Crippen molar-refractivity contribution in [2.75, 3.05) is 14.2 Å². The quantitative estimate of drug-likeness (QED) is 0.837. The third-order valence-corrected chi connectivity index (χ3v) is 5.74. The van der Waals surface area contributed by atoms with Gasteiger partial charge in [0.2, 0.25) is 0 Å². The van der Waals surface area contributed by atoms with E-state index in [1.165, 1.54) is 6.42 Å². The van der Waals surface area contributed by atoms with Crippen molar-refractivity contribution in [3.05, 3.63) is 53.3 Å². The van der Waals surface area contributed by atoms with Crippen LogP contribution >= 0.6 is 0 Å². The molecule has 1 aliphatic heterocycles. The number of amides is 1. The zero-order valence-electron chi connectivity index (χ0n) is 15.3. The normalized spacial score (nSPS) is 18.1. The fraction of sp³-hybridized carbons (Fsp3) is 0.429. The number of fused-ring (bicyclic) bond motifs is 2. The highest BCUT2D eigenvalue weighted by Gasteiger charge is 2.52. The van der Waals surface area contributed by atoms with E-state index in [2.05, 4.69) is 4.98 Å². The smallest absolute Gasteiger partial charge is 0.274 e. The number of methoxy groups -OCH3 is 2. The Bertz CT molecular complexity index is 811. The molecule has 136 valence electrons. The van der Waals surface area contributed by atoms with Crippen molar-refractivity contribution in [2.45, 2.75) is 44.2 Å². The molecule has 0 bridgehead atoms. The molecule has 5 heteroatoms. The van der Waals surface area contributed by atoms with Gasteiger partial charge in [-0.15, -0.1) is 0 Å². The number of carbonyl (C=O) groups is 1. The average molecular weight is 352 g/mol. The first-order chi connectivity index (χ1) is 12.7. The summed E-state index contributed by atoms with van der Waals surface area (Å²) in [6.45, 7) is 0.572. The molecule has 0 saturated heterocycles. The number of carbonyl (C=O) groups excluding carboxylic acids is 1. The molecule has 5 nitrogen and oxygen atoms in total. The Labute approximate surface area is 153 Å². The molecule has 2 heterocycles. The lowest BCUT2D eigenvalue weighted by atomic mass is 9.76. The predicted molar refractivity (Wildman–Crippen MR) is 98.4 cm³/mol. The van der Waals surface area contributed by atoms with Gasteiger partial charge in [-0.2, -0.15) is 0 Å². The van der Waals surface area contributed by atoms with Gasteiger partial charge in [0.25, 0.3) is 5.91 Å². The van der Waals surface area contributed by atoms with Gasteiger partial charge in [0.05, 0.1) is 25.3 Å². The van der Waals surface area contributed by atoms with E-state index in [9.17, 15) is 4.79 Å². The zero-order chi connectivity index (χ0) is 18.1. The van der Waals surface area contributed by atoms with Gasteiger partial charge >= 0.3 is 0 Å². The van der Waals surface area contributed by atoms with E-state index in [4.69, 9.17) is 9.47 Å². The third kappa shape index (κ3) is 2.54. The minimum Gasteiger partial charge on any atom is -0.497 e. The fourth-order valence-electron chi connectivity index (χ4n) is 4.48. The molecule has 1 fully saturated rings. The van der Waals surface area contributed by atoms with Gasteiger partial charge in [0.1, 0.15) is 17.2 Å². The molecule has 0 unspecified atom stereocenters. The Morgan fingerprint density at radius 1 is 1.04 bits per heavy atom. The van der Waals surface area contributed by atoms with Crippen molar-refractivity contribution in [1.82, 2.24) is 9.88 Å². The van der Waals surface area contributed by atoms with Gasteiger partial charge in [-0.05, 0) is 36.6 Å². The van der Waals surface area contributed by atoms with Crippen LogP contribution in [0, 0.1) is 0 Å². The number of aromatic nitrogens is 1. The monoisotopic (exact) mass is 352 g/mol. The summed E-state index contributed by atoms with van der Waals surface area (Å²) in [4.78, 5) is 19.7. The molecule has 0 N–H and O–H groups in total. The second-order valence-electron chi connectivity index (χ2n) is 7.07. The molecule has 26 heavy (non-hydrogen) atoms. The van der Waals surface area contributed by atoms with Crippen molar-refractivity contribution < 1.29 is 14.3 Å². The summed E-state index contributed by atoms with van der Waals surface area (Å²) >= 11 is 0. The number of benzene rings is 1. The standard InChI is InChI=1S/C21H24N2O3/c1-25-16-8-6-15(7-9-16)14-23-20(24)19-18(17(26-2)10-13-22-19)21(23)11-4-3-5-12-21/h6-10,13H,3-5,11-12,14H2,1-2H3. The molecule has 1 aliphatic carbocycles. The van der Waals surface area contributed by atoms with Crippen LogP contribution in [0.5, 0.6) is 11.5 Å². The summed E-state index contributed by atoms with van der Waals surface area (Å²) in [7, 11) is 3.33. The van der Waals surface area contributed by atoms with Gasteiger partial charge in [-0.1, -0.05) is 31.4 Å². The van der Waals surface area contributed by atoms with Gasteiger partial charge < -0.3 is 14.4 Å². The molecule has 1 spiro atoms.